The zero-order valence-corrected chi connectivity index (χ0v) is 15.8. The molecule has 1 fully saturated rings. The first-order valence-corrected chi connectivity index (χ1v) is 8.75. The lowest BCUT2D eigenvalue weighted by molar-refractivity contribution is -0.163. The van der Waals surface area contributed by atoms with E-state index in [2.05, 4.69) is 0 Å². The molecule has 0 N–H and O–H groups in total. The number of amides is 2. The number of carbonyl (C=O) groups is 2. The number of carbonyl (C=O) groups excluding carboxylic acids is 2. The topological polar surface area (TPSA) is 68.3 Å². The van der Waals surface area contributed by atoms with Crippen molar-refractivity contribution in [1.29, 1.82) is 0 Å². The summed E-state index contributed by atoms with van der Waals surface area (Å²) in [6.07, 6.45) is -0.226. The van der Waals surface area contributed by atoms with E-state index in [0.717, 1.165) is 0 Å². The van der Waals surface area contributed by atoms with Gasteiger partial charge in [0.1, 0.15) is 11.6 Å². The number of nitrogens with zero attached hydrogens (tertiary/aromatic N) is 2. The number of hydrogen-bond donors (Lipinski definition) is 0. The van der Waals surface area contributed by atoms with Gasteiger partial charge in [0.25, 0.3) is 0 Å². The molecular formula is C17H32N2O5. The summed E-state index contributed by atoms with van der Waals surface area (Å²) in [4.78, 5) is 28.1. The van der Waals surface area contributed by atoms with E-state index in [4.69, 9.17) is 14.2 Å². The number of ether oxygens (including phenoxy) is 3. The average molecular weight is 344 g/mol. The fourth-order valence-corrected chi connectivity index (χ4v) is 2.47. The van der Waals surface area contributed by atoms with Crippen LogP contribution in [0.4, 0.5) is 4.79 Å². The molecule has 1 rings (SSSR count). The van der Waals surface area contributed by atoms with Gasteiger partial charge in [0.05, 0.1) is 6.54 Å². The smallest absolute Gasteiger partial charge is 0.410 e. The molecule has 0 unspecified atom stereocenters. The Labute approximate surface area is 145 Å². The van der Waals surface area contributed by atoms with Gasteiger partial charge in [-0.05, 0) is 48.0 Å². The van der Waals surface area contributed by atoms with Crippen LogP contribution in [0.5, 0.6) is 0 Å². The van der Waals surface area contributed by atoms with E-state index in [1.165, 1.54) is 4.90 Å². The first kappa shape index (κ1) is 20.7. The van der Waals surface area contributed by atoms with E-state index in [0.29, 0.717) is 39.3 Å². The molecule has 1 saturated heterocycles. The maximum absolute atomic E-state index is 12.7. The molecule has 140 valence electrons. The minimum absolute atomic E-state index is 0.0842. The molecule has 0 radical (unpaired) electrons. The fraction of sp³-hybridized carbons (Fsp3) is 0.882. The van der Waals surface area contributed by atoms with E-state index in [9.17, 15) is 9.59 Å². The molecule has 1 heterocycles. The normalized spacial score (nSPS) is 17.6. The molecule has 7 heteroatoms. The van der Waals surface area contributed by atoms with Gasteiger partial charge in [0.15, 0.2) is 6.29 Å². The van der Waals surface area contributed by atoms with Crippen LogP contribution in [0.3, 0.4) is 0 Å². The first-order chi connectivity index (χ1) is 11.2. The monoisotopic (exact) mass is 344 g/mol. The molecule has 0 aromatic rings. The van der Waals surface area contributed by atoms with E-state index in [1.807, 2.05) is 41.5 Å². The largest absolute Gasteiger partial charge is 0.444 e. The molecule has 0 aromatic carbocycles. The summed E-state index contributed by atoms with van der Waals surface area (Å²) in [5, 5.41) is 0. The second-order valence-corrected chi connectivity index (χ2v) is 6.70. The highest BCUT2D eigenvalue weighted by Gasteiger charge is 2.41. The van der Waals surface area contributed by atoms with Crippen LogP contribution in [-0.4, -0.2) is 72.6 Å². The van der Waals surface area contributed by atoms with Crippen LogP contribution in [0.25, 0.3) is 0 Å². The lowest BCUT2D eigenvalue weighted by Gasteiger charge is -2.42. The van der Waals surface area contributed by atoms with Gasteiger partial charge in [0.2, 0.25) is 5.91 Å². The third kappa shape index (κ3) is 5.94. The summed E-state index contributed by atoms with van der Waals surface area (Å²) in [5.74, 6) is -0.0842. The van der Waals surface area contributed by atoms with E-state index < -0.39 is 24.0 Å². The Hall–Kier alpha value is -1.34. The maximum atomic E-state index is 12.7. The van der Waals surface area contributed by atoms with Crippen molar-refractivity contribution in [3.63, 3.8) is 0 Å². The van der Waals surface area contributed by atoms with Crippen molar-refractivity contribution in [2.45, 2.75) is 65.9 Å². The second-order valence-electron chi connectivity index (χ2n) is 6.70. The number of hydrogen-bond acceptors (Lipinski definition) is 5. The summed E-state index contributed by atoms with van der Waals surface area (Å²) in [5.41, 5.74) is -0.570. The van der Waals surface area contributed by atoms with Crippen LogP contribution in [0, 0.1) is 0 Å². The number of rotatable bonds is 8. The maximum Gasteiger partial charge on any atom is 0.410 e. The zero-order valence-electron chi connectivity index (χ0n) is 15.8. The fourth-order valence-electron chi connectivity index (χ4n) is 2.47. The Morgan fingerprint density at radius 1 is 1.17 bits per heavy atom. The molecule has 1 aliphatic rings. The Morgan fingerprint density at radius 3 is 2.12 bits per heavy atom. The van der Waals surface area contributed by atoms with Gasteiger partial charge in [-0.15, -0.1) is 0 Å². The van der Waals surface area contributed by atoms with Crippen LogP contribution < -0.4 is 0 Å². The lowest BCUT2D eigenvalue weighted by atomic mass is 10.0. The third-order valence-corrected chi connectivity index (χ3v) is 3.70. The minimum atomic E-state index is -0.570. The molecule has 0 bridgehead atoms. The summed E-state index contributed by atoms with van der Waals surface area (Å²) < 4.78 is 16.4. The van der Waals surface area contributed by atoms with Crippen molar-refractivity contribution in [2.75, 3.05) is 32.8 Å². The SMILES string of the molecule is CCOC(CN(CC)C(=O)[C@H]1CCN1C(=O)OC(C)(C)C)OCC. The highest BCUT2D eigenvalue weighted by molar-refractivity contribution is 5.87. The molecule has 0 saturated carbocycles. The van der Waals surface area contributed by atoms with E-state index >= 15 is 0 Å². The van der Waals surface area contributed by atoms with Crippen molar-refractivity contribution in [1.82, 2.24) is 9.80 Å². The van der Waals surface area contributed by atoms with Gasteiger partial charge in [-0.3, -0.25) is 9.69 Å². The van der Waals surface area contributed by atoms with Crippen LogP contribution >= 0.6 is 0 Å². The van der Waals surface area contributed by atoms with Gasteiger partial charge >= 0.3 is 6.09 Å². The lowest BCUT2D eigenvalue weighted by Crippen LogP contribution is -2.60. The quantitative estimate of drug-likeness (QED) is 0.632. The molecule has 1 aliphatic heterocycles. The molecule has 24 heavy (non-hydrogen) atoms. The Kier molecular flexibility index (Phi) is 7.96. The van der Waals surface area contributed by atoms with Crippen LogP contribution in [0.2, 0.25) is 0 Å². The van der Waals surface area contributed by atoms with Crippen molar-refractivity contribution in [3.05, 3.63) is 0 Å². The number of likely N-dealkylation sites (N-methyl/N-ethyl adjacent to an activating group) is 1. The average Bonchev–Trinajstić information content (AvgIpc) is 2.41. The molecule has 1 atom stereocenters. The zero-order chi connectivity index (χ0) is 18.3. The van der Waals surface area contributed by atoms with Gasteiger partial charge < -0.3 is 19.1 Å². The highest BCUT2D eigenvalue weighted by atomic mass is 16.7. The molecule has 7 nitrogen and oxygen atoms in total. The standard InChI is InChI=1S/C17H32N2O5/c1-7-18(12-14(22-8-2)23-9-3)15(20)13-10-11-19(13)16(21)24-17(4,5)6/h13-14H,7-12H2,1-6H3/t13-/m1/s1. The van der Waals surface area contributed by atoms with E-state index in [1.54, 1.807) is 4.90 Å². The van der Waals surface area contributed by atoms with E-state index in [-0.39, 0.29) is 5.91 Å². The summed E-state index contributed by atoms with van der Waals surface area (Å²) >= 11 is 0. The first-order valence-electron chi connectivity index (χ1n) is 8.75. The molecule has 0 spiro atoms. The number of likely N-dealkylation sites (tertiary alicyclic amines) is 1. The van der Waals surface area contributed by atoms with Gasteiger partial charge in [-0.2, -0.15) is 0 Å². The van der Waals surface area contributed by atoms with Gasteiger partial charge in [-0.25, -0.2) is 4.79 Å². The molecular weight excluding hydrogens is 312 g/mol. The Morgan fingerprint density at radius 2 is 1.75 bits per heavy atom. The van der Waals surface area contributed by atoms with Gasteiger partial charge in [0, 0.05) is 26.3 Å². The summed E-state index contributed by atoms with van der Waals surface area (Å²) in [7, 11) is 0. The predicted octanol–water partition coefficient (Wildman–Crippen LogP) is 2.24. The third-order valence-electron chi connectivity index (χ3n) is 3.70. The summed E-state index contributed by atoms with van der Waals surface area (Å²) in [6, 6.07) is -0.455. The van der Waals surface area contributed by atoms with Crippen molar-refractivity contribution >= 4 is 12.0 Å². The molecule has 0 aromatic heterocycles. The molecule has 2 amide bonds. The Bertz CT molecular complexity index is 416. The Balaban J connectivity index is 2.66. The van der Waals surface area contributed by atoms with Crippen molar-refractivity contribution in [3.8, 4) is 0 Å². The highest BCUT2D eigenvalue weighted by Crippen LogP contribution is 2.23. The second kappa shape index (κ2) is 9.22. The summed E-state index contributed by atoms with van der Waals surface area (Å²) in [6.45, 7) is 13.6. The van der Waals surface area contributed by atoms with Crippen LogP contribution in [0.1, 0.15) is 48.0 Å². The predicted molar refractivity (Wildman–Crippen MR) is 90.6 cm³/mol. The van der Waals surface area contributed by atoms with Crippen molar-refractivity contribution < 1.29 is 23.8 Å². The molecule has 0 aliphatic carbocycles. The van der Waals surface area contributed by atoms with Crippen LogP contribution in [-0.2, 0) is 19.0 Å². The minimum Gasteiger partial charge on any atom is -0.444 e. The van der Waals surface area contributed by atoms with Gasteiger partial charge in [-0.1, -0.05) is 0 Å². The van der Waals surface area contributed by atoms with Crippen LogP contribution in [0.15, 0.2) is 0 Å². The van der Waals surface area contributed by atoms with Crippen molar-refractivity contribution in [2.24, 2.45) is 0 Å².